The fourth-order valence-electron chi connectivity index (χ4n) is 2.90. The van der Waals surface area contributed by atoms with Gasteiger partial charge in [-0.3, -0.25) is 4.79 Å². The number of nitrogens with one attached hydrogen (secondary N) is 1. The molecule has 2 heterocycles. The summed E-state index contributed by atoms with van der Waals surface area (Å²) in [6.45, 7) is 5.94. The van der Waals surface area contributed by atoms with E-state index in [9.17, 15) is 9.59 Å². The molecule has 32 heavy (non-hydrogen) atoms. The fourth-order valence-corrected chi connectivity index (χ4v) is 4.65. The Morgan fingerprint density at radius 1 is 1.19 bits per heavy atom. The first-order valence-electron chi connectivity index (χ1n) is 9.58. The van der Waals surface area contributed by atoms with Crippen LogP contribution < -0.4 is 10.1 Å². The first-order valence-corrected chi connectivity index (χ1v) is 11.8. The number of carbonyl (C=O) groups is 2. The smallest absolute Gasteiger partial charge is 0.340 e. The van der Waals surface area contributed by atoms with Crippen LogP contribution in [0.5, 0.6) is 5.75 Å². The van der Waals surface area contributed by atoms with Gasteiger partial charge in [0.1, 0.15) is 17.4 Å². The molecule has 1 amide bonds. The number of hydrogen-bond acceptors (Lipinski definition) is 8. The zero-order valence-corrected chi connectivity index (χ0v) is 20.7. The minimum atomic E-state index is -0.485. The number of thiophene rings is 1. The third kappa shape index (κ3) is 5.62. The highest BCUT2D eigenvalue weighted by atomic mass is 35.5. The molecule has 2 aromatic heterocycles. The van der Waals surface area contributed by atoms with Gasteiger partial charge in [0.15, 0.2) is 11.0 Å². The third-order valence-electron chi connectivity index (χ3n) is 4.55. The number of aromatic nitrogens is 3. The Hall–Kier alpha value is -2.56. The lowest BCUT2D eigenvalue weighted by Gasteiger charge is -2.10. The number of halogens is 1. The Balaban J connectivity index is 1.58. The maximum Gasteiger partial charge on any atom is 0.340 e. The van der Waals surface area contributed by atoms with Crippen molar-refractivity contribution in [1.82, 2.24) is 14.8 Å². The second kappa shape index (κ2) is 10.4. The van der Waals surface area contributed by atoms with Crippen LogP contribution in [0.15, 0.2) is 23.4 Å². The fraction of sp³-hybridized carbons (Fsp3) is 0.333. The number of rotatable bonds is 8. The van der Waals surface area contributed by atoms with Gasteiger partial charge < -0.3 is 19.4 Å². The van der Waals surface area contributed by atoms with Crippen molar-refractivity contribution in [2.45, 2.75) is 32.5 Å². The number of hydrogen-bond donors (Lipinski definition) is 1. The van der Waals surface area contributed by atoms with E-state index in [4.69, 9.17) is 21.1 Å². The summed E-state index contributed by atoms with van der Waals surface area (Å²) in [7, 11) is 3.12. The van der Waals surface area contributed by atoms with Gasteiger partial charge in [-0.05, 0) is 50.1 Å². The Morgan fingerprint density at radius 2 is 1.88 bits per heavy atom. The number of ether oxygens (including phenoxy) is 2. The zero-order chi connectivity index (χ0) is 23.4. The van der Waals surface area contributed by atoms with Gasteiger partial charge in [0.2, 0.25) is 5.91 Å². The molecular weight excluding hydrogens is 472 g/mol. The molecule has 0 saturated carbocycles. The van der Waals surface area contributed by atoms with Crippen LogP contribution in [0.3, 0.4) is 0 Å². The van der Waals surface area contributed by atoms with Crippen LogP contribution in [-0.2, 0) is 23.2 Å². The second-order valence-electron chi connectivity index (χ2n) is 7.05. The summed E-state index contributed by atoms with van der Waals surface area (Å²) >= 11 is 8.77. The van der Waals surface area contributed by atoms with Crippen LogP contribution in [0.25, 0.3) is 0 Å². The molecule has 0 radical (unpaired) electrons. The first kappa shape index (κ1) is 24.1. The van der Waals surface area contributed by atoms with Gasteiger partial charge in [-0.2, -0.15) is 0 Å². The van der Waals surface area contributed by atoms with Crippen LogP contribution in [0.2, 0.25) is 5.02 Å². The predicted molar refractivity (Wildman–Crippen MR) is 126 cm³/mol. The SMILES string of the molecule is COC(=O)c1cc(C)sc1NC(=O)CSc1nnc(COc2cc(C)c(Cl)c(C)c2)n1C. The molecule has 0 aliphatic carbocycles. The number of anilines is 1. The summed E-state index contributed by atoms with van der Waals surface area (Å²) in [6.07, 6.45) is 0. The van der Waals surface area contributed by atoms with Crippen LogP contribution in [0.1, 0.15) is 32.2 Å². The first-order chi connectivity index (χ1) is 15.2. The number of esters is 1. The quantitative estimate of drug-likeness (QED) is 0.362. The molecule has 0 saturated heterocycles. The molecular formula is C21H23ClN4O4S2. The number of methoxy groups -OCH3 is 1. The van der Waals surface area contributed by atoms with Gasteiger partial charge in [0, 0.05) is 16.9 Å². The van der Waals surface area contributed by atoms with E-state index in [1.165, 1.54) is 30.2 Å². The number of benzene rings is 1. The van der Waals surface area contributed by atoms with E-state index >= 15 is 0 Å². The Kier molecular flexibility index (Phi) is 7.81. The lowest BCUT2D eigenvalue weighted by Crippen LogP contribution is -2.16. The largest absolute Gasteiger partial charge is 0.486 e. The van der Waals surface area contributed by atoms with Gasteiger partial charge in [0.25, 0.3) is 0 Å². The van der Waals surface area contributed by atoms with Crippen molar-refractivity contribution in [2.24, 2.45) is 7.05 Å². The summed E-state index contributed by atoms with van der Waals surface area (Å²) in [5.74, 6) is 0.699. The molecule has 0 bridgehead atoms. The van der Waals surface area contributed by atoms with Gasteiger partial charge in [-0.1, -0.05) is 23.4 Å². The minimum absolute atomic E-state index is 0.111. The number of amides is 1. The number of aryl methyl sites for hydroxylation is 3. The van der Waals surface area contributed by atoms with E-state index in [0.29, 0.717) is 27.3 Å². The molecule has 1 aromatic carbocycles. The molecule has 3 aromatic rings. The summed E-state index contributed by atoms with van der Waals surface area (Å²) in [4.78, 5) is 25.2. The monoisotopic (exact) mass is 494 g/mol. The highest BCUT2D eigenvalue weighted by Crippen LogP contribution is 2.29. The Labute approximate surface area is 199 Å². The van der Waals surface area contributed by atoms with Crippen molar-refractivity contribution in [3.63, 3.8) is 0 Å². The van der Waals surface area contributed by atoms with Crippen molar-refractivity contribution in [3.05, 3.63) is 50.6 Å². The maximum absolute atomic E-state index is 12.4. The molecule has 170 valence electrons. The topological polar surface area (TPSA) is 95.3 Å². The summed E-state index contributed by atoms with van der Waals surface area (Å²) in [6, 6.07) is 5.44. The second-order valence-corrected chi connectivity index (χ2v) is 9.62. The summed E-state index contributed by atoms with van der Waals surface area (Å²) in [5, 5.41) is 12.8. The molecule has 1 N–H and O–H groups in total. The van der Waals surface area contributed by atoms with Crippen LogP contribution in [0, 0.1) is 20.8 Å². The van der Waals surface area contributed by atoms with Crippen LogP contribution in [-0.4, -0.2) is 39.5 Å². The van der Waals surface area contributed by atoms with E-state index < -0.39 is 5.97 Å². The highest BCUT2D eigenvalue weighted by molar-refractivity contribution is 7.99. The van der Waals surface area contributed by atoms with Crippen LogP contribution >= 0.6 is 34.7 Å². The van der Waals surface area contributed by atoms with E-state index in [0.717, 1.165) is 21.0 Å². The lowest BCUT2D eigenvalue weighted by molar-refractivity contribution is -0.113. The normalized spacial score (nSPS) is 10.8. The van der Waals surface area contributed by atoms with Crippen molar-refractivity contribution >= 4 is 51.6 Å². The van der Waals surface area contributed by atoms with Gasteiger partial charge in [-0.25, -0.2) is 4.79 Å². The molecule has 0 aliphatic rings. The number of carbonyl (C=O) groups excluding carboxylic acids is 2. The van der Waals surface area contributed by atoms with E-state index in [-0.39, 0.29) is 18.3 Å². The van der Waals surface area contributed by atoms with Crippen molar-refractivity contribution in [1.29, 1.82) is 0 Å². The van der Waals surface area contributed by atoms with E-state index in [1.54, 1.807) is 10.6 Å². The Bertz CT molecular complexity index is 1140. The van der Waals surface area contributed by atoms with Gasteiger partial charge >= 0.3 is 5.97 Å². The molecule has 0 spiro atoms. The minimum Gasteiger partial charge on any atom is -0.486 e. The maximum atomic E-state index is 12.4. The van der Waals surface area contributed by atoms with Crippen molar-refractivity contribution in [2.75, 3.05) is 18.2 Å². The summed E-state index contributed by atoms with van der Waals surface area (Å²) < 4.78 is 12.4. The molecule has 0 aliphatic heterocycles. The number of thioether (sulfide) groups is 1. The van der Waals surface area contributed by atoms with E-state index in [2.05, 4.69) is 15.5 Å². The number of nitrogens with zero attached hydrogens (tertiary/aromatic N) is 3. The summed E-state index contributed by atoms with van der Waals surface area (Å²) in [5.41, 5.74) is 2.23. The zero-order valence-electron chi connectivity index (χ0n) is 18.3. The van der Waals surface area contributed by atoms with Crippen molar-refractivity contribution < 1.29 is 19.1 Å². The molecule has 0 fully saturated rings. The molecule has 0 unspecified atom stereocenters. The third-order valence-corrected chi connectivity index (χ3v) is 7.13. The lowest BCUT2D eigenvalue weighted by atomic mass is 10.1. The highest BCUT2D eigenvalue weighted by Gasteiger charge is 2.18. The predicted octanol–water partition coefficient (Wildman–Crippen LogP) is 4.55. The van der Waals surface area contributed by atoms with Crippen molar-refractivity contribution in [3.8, 4) is 5.75 Å². The molecule has 0 atom stereocenters. The van der Waals surface area contributed by atoms with Crippen LogP contribution in [0.4, 0.5) is 5.00 Å². The molecule has 8 nitrogen and oxygen atoms in total. The standard InChI is InChI=1S/C21H23ClN4O4S2/c1-11-6-14(7-12(2)18(11)22)30-9-16-24-25-21(26(16)4)31-10-17(27)23-19-15(20(28)29-5)8-13(3)32-19/h6-8H,9-10H2,1-5H3,(H,23,27). The van der Waals surface area contributed by atoms with Gasteiger partial charge in [0.05, 0.1) is 18.4 Å². The Morgan fingerprint density at radius 3 is 2.53 bits per heavy atom. The molecule has 11 heteroatoms. The average Bonchev–Trinajstić information content (AvgIpc) is 3.29. The average molecular weight is 495 g/mol. The van der Waals surface area contributed by atoms with E-state index in [1.807, 2.05) is 40.0 Å². The van der Waals surface area contributed by atoms with Gasteiger partial charge in [-0.15, -0.1) is 21.5 Å². The molecule has 3 rings (SSSR count).